The van der Waals surface area contributed by atoms with Gasteiger partial charge < -0.3 is 33.9 Å². The molecule has 6 rings (SSSR count). The normalized spacial score (nSPS) is 13.2. The maximum absolute atomic E-state index is 15.8. The molecule has 5 aromatic rings. The standard InChI is InChI=1S/C39H40F2N6O5/c1-45(2)12-6-9-29(48)18-25-7-5-8-26(17-25)24-47-31-20-35(44-34-11-10-28(23-43-34)46-13-15-52-16-14-46)42-22-27(31)19-30(39(47)49)36-37(40)32(50-3)21-33(51-4)38(36)41/h5-11,17,19-23H,12-16,18,24H2,1-4H3,(H,42,43,44)/b9-6+. The van der Waals surface area contributed by atoms with Gasteiger partial charge in [-0.3, -0.25) is 9.59 Å². The van der Waals surface area contributed by atoms with Crippen LogP contribution in [-0.4, -0.2) is 86.4 Å². The Hall–Kier alpha value is -5.66. The van der Waals surface area contributed by atoms with Gasteiger partial charge in [0.1, 0.15) is 11.6 Å². The van der Waals surface area contributed by atoms with Crippen LogP contribution in [0.25, 0.3) is 22.0 Å². The van der Waals surface area contributed by atoms with E-state index in [0.717, 1.165) is 30.4 Å². The zero-order valence-electron chi connectivity index (χ0n) is 29.5. The van der Waals surface area contributed by atoms with Gasteiger partial charge >= 0.3 is 0 Å². The van der Waals surface area contributed by atoms with E-state index in [1.165, 1.54) is 31.0 Å². The molecule has 1 aliphatic rings. The van der Waals surface area contributed by atoms with E-state index in [-0.39, 0.29) is 35.8 Å². The largest absolute Gasteiger partial charge is 0.494 e. The monoisotopic (exact) mass is 710 g/mol. The van der Waals surface area contributed by atoms with Crippen molar-refractivity contribution in [2.75, 3.05) is 71.4 Å². The Balaban J connectivity index is 1.41. The lowest BCUT2D eigenvalue weighted by Gasteiger charge is -2.28. The number of likely N-dealkylation sites (N-methyl/N-ethyl adjacent to an activating group) is 1. The topological polar surface area (TPSA) is 111 Å². The second-order valence-electron chi connectivity index (χ2n) is 12.6. The van der Waals surface area contributed by atoms with Crippen molar-refractivity contribution in [3.05, 3.63) is 112 Å². The van der Waals surface area contributed by atoms with Crippen LogP contribution in [0, 0.1) is 11.6 Å². The average Bonchev–Trinajstić information content (AvgIpc) is 3.14. The first-order valence-electron chi connectivity index (χ1n) is 16.8. The maximum Gasteiger partial charge on any atom is 0.259 e. The van der Waals surface area contributed by atoms with Gasteiger partial charge in [-0.1, -0.05) is 30.3 Å². The van der Waals surface area contributed by atoms with Crippen LogP contribution in [0.1, 0.15) is 11.1 Å². The predicted octanol–water partition coefficient (Wildman–Crippen LogP) is 5.61. The summed E-state index contributed by atoms with van der Waals surface area (Å²) in [6.45, 7) is 3.55. The van der Waals surface area contributed by atoms with E-state index in [4.69, 9.17) is 14.2 Å². The highest BCUT2D eigenvalue weighted by Crippen LogP contribution is 2.37. The molecular weight excluding hydrogens is 670 g/mol. The number of morpholine rings is 1. The number of benzene rings is 2. The van der Waals surface area contributed by atoms with Crippen molar-refractivity contribution in [1.29, 1.82) is 0 Å². The molecule has 11 nitrogen and oxygen atoms in total. The summed E-state index contributed by atoms with van der Waals surface area (Å²) in [5.74, 6) is -1.74. The highest BCUT2D eigenvalue weighted by atomic mass is 19.1. The molecule has 0 saturated carbocycles. The highest BCUT2D eigenvalue weighted by Gasteiger charge is 2.25. The molecule has 52 heavy (non-hydrogen) atoms. The number of pyridine rings is 3. The molecule has 0 atom stereocenters. The number of carbonyl (C=O) groups is 1. The summed E-state index contributed by atoms with van der Waals surface area (Å²) in [5.41, 5.74) is 1.43. The summed E-state index contributed by atoms with van der Waals surface area (Å²) in [4.78, 5) is 40.3. The first-order valence-corrected chi connectivity index (χ1v) is 16.8. The third-order valence-electron chi connectivity index (χ3n) is 8.69. The first kappa shape index (κ1) is 36.1. The van der Waals surface area contributed by atoms with Gasteiger partial charge in [-0.25, -0.2) is 18.7 Å². The molecule has 1 N–H and O–H groups in total. The Morgan fingerprint density at radius 3 is 2.33 bits per heavy atom. The van der Waals surface area contributed by atoms with Crippen LogP contribution in [0.3, 0.4) is 0 Å². The van der Waals surface area contributed by atoms with E-state index < -0.39 is 22.8 Å². The Labute approximate surface area is 300 Å². The molecule has 3 aromatic heterocycles. The second-order valence-corrected chi connectivity index (χ2v) is 12.6. The average molecular weight is 711 g/mol. The Morgan fingerprint density at radius 1 is 0.942 bits per heavy atom. The zero-order chi connectivity index (χ0) is 36.8. The number of hydrogen-bond donors (Lipinski definition) is 1. The zero-order valence-corrected chi connectivity index (χ0v) is 29.5. The number of halogens is 2. The summed E-state index contributed by atoms with van der Waals surface area (Å²) in [6.07, 6.45) is 6.84. The number of allylic oxidation sites excluding steroid dienone is 1. The number of nitrogens with one attached hydrogen (secondary N) is 1. The Morgan fingerprint density at radius 2 is 1.65 bits per heavy atom. The van der Waals surface area contributed by atoms with Crippen molar-refractivity contribution < 1.29 is 27.8 Å². The van der Waals surface area contributed by atoms with Crippen molar-refractivity contribution in [3.63, 3.8) is 0 Å². The fraction of sp³-hybridized carbons (Fsp3) is 0.282. The number of ether oxygens (including phenoxy) is 3. The van der Waals surface area contributed by atoms with Gasteiger partial charge in [0.15, 0.2) is 28.9 Å². The summed E-state index contributed by atoms with van der Waals surface area (Å²) in [5, 5.41) is 3.66. The van der Waals surface area contributed by atoms with Crippen molar-refractivity contribution in [2.45, 2.75) is 13.0 Å². The summed E-state index contributed by atoms with van der Waals surface area (Å²) in [7, 11) is 6.33. The van der Waals surface area contributed by atoms with Gasteiger partial charge in [0, 0.05) is 49.8 Å². The molecule has 1 fully saturated rings. The SMILES string of the molecule is COc1cc(OC)c(F)c(-c2cc3cnc(Nc4ccc(N5CCOCC5)cn4)cc3n(Cc3cccc(CC(=O)/C=C/CN(C)C)c3)c2=O)c1F. The molecule has 0 spiro atoms. The number of ketones is 1. The van der Waals surface area contributed by atoms with Gasteiger partial charge in [-0.15, -0.1) is 0 Å². The minimum Gasteiger partial charge on any atom is -0.494 e. The van der Waals surface area contributed by atoms with Crippen LogP contribution in [0.2, 0.25) is 0 Å². The van der Waals surface area contributed by atoms with Gasteiger partial charge in [0.25, 0.3) is 5.56 Å². The molecule has 2 aromatic carbocycles. The molecule has 0 bridgehead atoms. The summed E-state index contributed by atoms with van der Waals surface area (Å²) in [6, 6.07) is 15.3. The fourth-order valence-electron chi connectivity index (χ4n) is 6.07. The Kier molecular flexibility index (Phi) is 11.2. The number of hydrogen-bond acceptors (Lipinski definition) is 10. The minimum absolute atomic E-state index is 0.0297. The third-order valence-corrected chi connectivity index (χ3v) is 8.69. The number of fused-ring (bicyclic) bond motifs is 1. The molecule has 4 heterocycles. The second kappa shape index (κ2) is 16.1. The number of aromatic nitrogens is 3. The molecule has 0 radical (unpaired) electrons. The minimum atomic E-state index is -1.04. The highest BCUT2D eigenvalue weighted by molar-refractivity contribution is 5.91. The van der Waals surface area contributed by atoms with E-state index in [2.05, 4.69) is 20.2 Å². The van der Waals surface area contributed by atoms with Gasteiger partial charge in [0.2, 0.25) is 0 Å². The van der Waals surface area contributed by atoms with Crippen LogP contribution in [-0.2, 0) is 22.5 Å². The lowest BCUT2D eigenvalue weighted by atomic mass is 10.0. The van der Waals surface area contributed by atoms with E-state index in [0.29, 0.717) is 47.9 Å². The molecule has 0 amide bonds. The molecular formula is C39H40F2N6O5. The van der Waals surface area contributed by atoms with Gasteiger partial charge in [0.05, 0.1) is 62.5 Å². The number of anilines is 3. The fourth-order valence-corrected chi connectivity index (χ4v) is 6.07. The van der Waals surface area contributed by atoms with E-state index >= 15 is 8.78 Å². The van der Waals surface area contributed by atoms with Crippen LogP contribution in [0.15, 0.2) is 83.9 Å². The van der Waals surface area contributed by atoms with Crippen LogP contribution in [0.4, 0.5) is 26.1 Å². The molecule has 1 saturated heterocycles. The number of nitrogens with zero attached hydrogens (tertiary/aromatic N) is 5. The summed E-state index contributed by atoms with van der Waals surface area (Å²) < 4.78 is 48.8. The summed E-state index contributed by atoms with van der Waals surface area (Å²) >= 11 is 0. The smallest absolute Gasteiger partial charge is 0.259 e. The van der Waals surface area contributed by atoms with Crippen molar-refractivity contribution in [1.82, 2.24) is 19.4 Å². The Bertz CT molecular complexity index is 2140. The number of methoxy groups -OCH3 is 2. The predicted molar refractivity (Wildman–Crippen MR) is 197 cm³/mol. The van der Waals surface area contributed by atoms with E-state index in [9.17, 15) is 9.59 Å². The lowest BCUT2D eigenvalue weighted by Crippen LogP contribution is -2.36. The van der Waals surface area contributed by atoms with Crippen LogP contribution >= 0.6 is 0 Å². The van der Waals surface area contributed by atoms with Crippen LogP contribution in [0.5, 0.6) is 11.5 Å². The maximum atomic E-state index is 15.8. The molecule has 270 valence electrons. The van der Waals surface area contributed by atoms with Crippen molar-refractivity contribution in [3.8, 4) is 22.6 Å². The number of carbonyl (C=O) groups excluding carboxylic acids is 1. The van der Waals surface area contributed by atoms with E-state index in [1.54, 1.807) is 18.3 Å². The number of rotatable bonds is 13. The molecule has 0 aliphatic carbocycles. The van der Waals surface area contributed by atoms with Crippen molar-refractivity contribution >= 4 is 34.0 Å². The van der Waals surface area contributed by atoms with Gasteiger partial charge in [-0.05, 0) is 49.5 Å². The molecule has 0 unspecified atom stereocenters. The van der Waals surface area contributed by atoms with Gasteiger partial charge in [-0.2, -0.15) is 0 Å². The van der Waals surface area contributed by atoms with E-state index in [1.807, 2.05) is 61.5 Å². The first-order chi connectivity index (χ1) is 25.1. The van der Waals surface area contributed by atoms with Crippen LogP contribution < -0.4 is 25.2 Å². The quantitative estimate of drug-likeness (QED) is 0.155. The molecule has 13 heteroatoms. The lowest BCUT2D eigenvalue weighted by molar-refractivity contribution is -0.114. The molecule has 1 aliphatic heterocycles. The van der Waals surface area contributed by atoms with Crippen molar-refractivity contribution in [2.24, 2.45) is 0 Å². The third kappa shape index (κ3) is 8.11.